The van der Waals surface area contributed by atoms with Crippen molar-refractivity contribution in [2.75, 3.05) is 13.2 Å². The minimum atomic E-state index is 0.224. The average Bonchev–Trinajstić information content (AvgIpc) is 2.86. The fourth-order valence-corrected chi connectivity index (χ4v) is 3.65. The van der Waals surface area contributed by atoms with E-state index < -0.39 is 0 Å². The first kappa shape index (κ1) is 13.4. The molecule has 0 radical (unpaired) electrons. The van der Waals surface area contributed by atoms with Crippen molar-refractivity contribution < 1.29 is 5.11 Å². The maximum atomic E-state index is 9.59. The van der Waals surface area contributed by atoms with Crippen molar-refractivity contribution in [2.45, 2.75) is 70.8 Å². The summed E-state index contributed by atoms with van der Waals surface area (Å²) in [4.78, 5) is 0. The van der Waals surface area contributed by atoms with Gasteiger partial charge in [0.25, 0.3) is 0 Å². The predicted molar refractivity (Wildman–Crippen MR) is 72.0 cm³/mol. The molecule has 0 bridgehead atoms. The molecule has 0 aromatic rings. The zero-order valence-corrected chi connectivity index (χ0v) is 11.4. The molecule has 0 unspecified atom stereocenters. The minimum Gasteiger partial charge on any atom is -0.396 e. The summed E-state index contributed by atoms with van der Waals surface area (Å²) >= 11 is 0. The molecule has 2 heteroatoms. The maximum absolute atomic E-state index is 9.59. The van der Waals surface area contributed by atoms with E-state index in [0.717, 1.165) is 18.5 Å². The molecule has 2 fully saturated rings. The lowest BCUT2D eigenvalue weighted by atomic mass is 9.83. The Hall–Kier alpha value is -0.0800. The van der Waals surface area contributed by atoms with Crippen molar-refractivity contribution in [3.8, 4) is 0 Å². The minimum absolute atomic E-state index is 0.224. The molecular formula is C15H29NO. The first-order chi connectivity index (χ1) is 8.28. The van der Waals surface area contributed by atoms with Gasteiger partial charge in [-0.1, -0.05) is 26.2 Å². The molecule has 100 valence electrons. The fourth-order valence-electron chi connectivity index (χ4n) is 3.65. The highest BCUT2D eigenvalue weighted by Gasteiger charge is 2.33. The number of hydrogen-bond donors (Lipinski definition) is 2. The van der Waals surface area contributed by atoms with Crippen LogP contribution < -0.4 is 5.32 Å². The lowest BCUT2D eigenvalue weighted by Gasteiger charge is -2.33. The number of nitrogens with one attached hydrogen (secondary N) is 1. The van der Waals surface area contributed by atoms with E-state index in [9.17, 15) is 5.11 Å². The van der Waals surface area contributed by atoms with E-state index in [0.29, 0.717) is 6.61 Å². The highest BCUT2D eigenvalue weighted by atomic mass is 16.3. The second kappa shape index (κ2) is 6.19. The smallest absolute Gasteiger partial charge is 0.0499 e. The van der Waals surface area contributed by atoms with Crippen molar-refractivity contribution in [1.29, 1.82) is 0 Å². The van der Waals surface area contributed by atoms with Gasteiger partial charge in [0.1, 0.15) is 0 Å². The summed E-state index contributed by atoms with van der Waals surface area (Å²) in [5.74, 6) is 0.978. The van der Waals surface area contributed by atoms with Gasteiger partial charge in [0, 0.05) is 24.6 Å². The van der Waals surface area contributed by atoms with Crippen LogP contribution >= 0.6 is 0 Å². The molecular weight excluding hydrogens is 210 g/mol. The highest BCUT2D eigenvalue weighted by Crippen LogP contribution is 2.37. The molecule has 0 amide bonds. The van der Waals surface area contributed by atoms with Crippen molar-refractivity contribution in [2.24, 2.45) is 11.3 Å². The van der Waals surface area contributed by atoms with Crippen molar-refractivity contribution in [1.82, 2.24) is 5.32 Å². The van der Waals surface area contributed by atoms with Gasteiger partial charge < -0.3 is 10.4 Å². The molecule has 0 aromatic carbocycles. The van der Waals surface area contributed by atoms with Crippen LogP contribution in [0.3, 0.4) is 0 Å². The number of rotatable bonds is 5. The van der Waals surface area contributed by atoms with Crippen molar-refractivity contribution in [3.63, 3.8) is 0 Å². The van der Waals surface area contributed by atoms with Crippen LogP contribution in [-0.4, -0.2) is 24.3 Å². The molecule has 0 aliphatic heterocycles. The molecule has 0 atom stereocenters. The van der Waals surface area contributed by atoms with Crippen LogP contribution in [0.2, 0.25) is 0 Å². The first-order valence-electron chi connectivity index (χ1n) is 7.62. The lowest BCUT2D eigenvalue weighted by molar-refractivity contribution is 0.120. The van der Waals surface area contributed by atoms with Gasteiger partial charge in [-0.15, -0.1) is 0 Å². The molecule has 2 nitrogen and oxygen atoms in total. The van der Waals surface area contributed by atoms with Gasteiger partial charge in [-0.25, -0.2) is 0 Å². The normalized spacial score (nSPS) is 32.8. The van der Waals surface area contributed by atoms with E-state index >= 15 is 0 Å². The van der Waals surface area contributed by atoms with Gasteiger partial charge in [-0.3, -0.25) is 0 Å². The van der Waals surface area contributed by atoms with Crippen LogP contribution in [0.15, 0.2) is 0 Å². The van der Waals surface area contributed by atoms with E-state index in [1.54, 1.807) is 0 Å². The van der Waals surface area contributed by atoms with E-state index in [2.05, 4.69) is 12.2 Å². The highest BCUT2D eigenvalue weighted by molar-refractivity contribution is 4.88. The number of hydrogen-bond acceptors (Lipinski definition) is 2. The quantitative estimate of drug-likeness (QED) is 0.772. The molecule has 0 spiro atoms. The molecule has 0 heterocycles. The van der Waals surface area contributed by atoms with Crippen molar-refractivity contribution in [3.05, 3.63) is 0 Å². The molecule has 2 aliphatic carbocycles. The third-order valence-electron chi connectivity index (χ3n) is 5.19. The number of aliphatic hydroxyl groups excluding tert-OH is 1. The van der Waals surface area contributed by atoms with Gasteiger partial charge in [-0.05, 0) is 44.4 Å². The van der Waals surface area contributed by atoms with Gasteiger partial charge >= 0.3 is 0 Å². The van der Waals surface area contributed by atoms with E-state index in [1.807, 2.05) is 0 Å². The summed E-state index contributed by atoms with van der Waals surface area (Å²) in [6.07, 6.45) is 11.9. The Balaban J connectivity index is 1.71. The summed E-state index contributed by atoms with van der Waals surface area (Å²) in [6, 6.07) is 0.724. The summed E-state index contributed by atoms with van der Waals surface area (Å²) < 4.78 is 0. The molecule has 17 heavy (non-hydrogen) atoms. The maximum Gasteiger partial charge on any atom is 0.0499 e. The Morgan fingerprint density at radius 2 is 1.76 bits per heavy atom. The average molecular weight is 239 g/mol. The molecule has 0 saturated heterocycles. The Morgan fingerprint density at radius 3 is 2.29 bits per heavy atom. The molecule has 2 N–H and O–H groups in total. The summed E-state index contributed by atoms with van der Waals surface area (Å²) in [5.41, 5.74) is 0.224. The largest absolute Gasteiger partial charge is 0.396 e. The van der Waals surface area contributed by atoms with Gasteiger partial charge in [0.15, 0.2) is 0 Å². The summed E-state index contributed by atoms with van der Waals surface area (Å²) in [5, 5.41) is 13.3. The van der Waals surface area contributed by atoms with Crippen LogP contribution in [0.5, 0.6) is 0 Å². The van der Waals surface area contributed by atoms with E-state index in [4.69, 9.17) is 0 Å². The molecule has 2 rings (SSSR count). The Bertz CT molecular complexity index is 215. The van der Waals surface area contributed by atoms with Crippen LogP contribution in [0.4, 0.5) is 0 Å². The Kier molecular flexibility index (Phi) is 4.87. The number of aliphatic hydroxyl groups is 1. The van der Waals surface area contributed by atoms with Gasteiger partial charge in [-0.2, -0.15) is 0 Å². The monoisotopic (exact) mass is 239 g/mol. The topological polar surface area (TPSA) is 32.3 Å². The predicted octanol–water partition coefficient (Wildman–Crippen LogP) is 3.10. The molecule has 2 saturated carbocycles. The zero-order chi connectivity index (χ0) is 12.1. The van der Waals surface area contributed by atoms with Crippen LogP contribution in [0.25, 0.3) is 0 Å². The SMILES string of the molecule is CCC1CCC(NCC2(CO)CCCC2)CC1. The van der Waals surface area contributed by atoms with Crippen molar-refractivity contribution >= 4 is 0 Å². The molecule has 2 aliphatic rings. The Labute approximate surface area is 106 Å². The zero-order valence-electron chi connectivity index (χ0n) is 11.4. The third-order valence-corrected chi connectivity index (χ3v) is 5.19. The Morgan fingerprint density at radius 1 is 1.12 bits per heavy atom. The summed E-state index contributed by atoms with van der Waals surface area (Å²) in [7, 11) is 0. The first-order valence-corrected chi connectivity index (χ1v) is 7.62. The standard InChI is InChI=1S/C15H29NO/c1-2-13-5-7-14(8-6-13)16-11-15(12-17)9-3-4-10-15/h13-14,16-17H,2-12H2,1H3. The molecule has 0 aromatic heterocycles. The fraction of sp³-hybridized carbons (Fsp3) is 1.00. The third kappa shape index (κ3) is 3.45. The van der Waals surface area contributed by atoms with Gasteiger partial charge in [0.05, 0.1) is 0 Å². The van der Waals surface area contributed by atoms with Crippen LogP contribution in [0, 0.1) is 11.3 Å². The second-order valence-corrected chi connectivity index (χ2v) is 6.37. The van der Waals surface area contributed by atoms with E-state index in [-0.39, 0.29) is 5.41 Å². The lowest BCUT2D eigenvalue weighted by Crippen LogP contribution is -2.42. The second-order valence-electron chi connectivity index (χ2n) is 6.37. The summed E-state index contributed by atoms with van der Waals surface area (Å²) in [6.45, 7) is 3.74. The van der Waals surface area contributed by atoms with Gasteiger partial charge in [0.2, 0.25) is 0 Å². The van der Waals surface area contributed by atoms with Crippen LogP contribution in [-0.2, 0) is 0 Å². The van der Waals surface area contributed by atoms with E-state index in [1.165, 1.54) is 57.8 Å². The van der Waals surface area contributed by atoms with Crippen LogP contribution in [0.1, 0.15) is 64.7 Å².